The number of imidazole rings is 3. The number of nitrogens with zero attached hydrogens (tertiary/aromatic N) is 13. The van der Waals surface area contributed by atoms with Gasteiger partial charge in [0.15, 0.2) is 0 Å². The van der Waals surface area contributed by atoms with E-state index in [1.807, 2.05) is 36.4 Å². The average Bonchev–Trinajstić information content (AvgIpc) is 3.92. The molecule has 3 atom stereocenters. The number of benzene rings is 3. The Morgan fingerprint density at radius 2 is 0.667 bits per heavy atom. The zero-order valence-corrected chi connectivity index (χ0v) is 27.2. The number of fused-ring (bicyclic) bond motifs is 3. The van der Waals surface area contributed by atoms with E-state index >= 15 is 0 Å². The van der Waals surface area contributed by atoms with Crippen LogP contribution in [-0.2, 0) is 0 Å². The highest BCUT2D eigenvalue weighted by atomic mass is 15.0. The van der Waals surface area contributed by atoms with Crippen molar-refractivity contribution < 1.29 is 0 Å². The highest BCUT2D eigenvalue weighted by Gasteiger charge is 2.29. The van der Waals surface area contributed by atoms with Crippen LogP contribution in [0.15, 0.2) is 48.5 Å². The second-order valence-corrected chi connectivity index (χ2v) is 11.7. The van der Waals surface area contributed by atoms with Crippen LogP contribution < -0.4 is 0 Å². The maximum atomic E-state index is 10.5. The summed E-state index contributed by atoms with van der Waals surface area (Å²) in [6.45, 7) is 0. The number of H-pyrrole nitrogens is 3. The van der Waals surface area contributed by atoms with Crippen molar-refractivity contribution >= 4 is 33.1 Å². The van der Waals surface area contributed by atoms with E-state index in [0.29, 0.717) is 33.1 Å². The Balaban J connectivity index is 1.42. The van der Waals surface area contributed by atoms with Gasteiger partial charge in [-0.25, -0.2) is 15.0 Å². The van der Waals surface area contributed by atoms with Crippen molar-refractivity contribution in [3.05, 3.63) is 116 Å². The second kappa shape index (κ2) is 13.2. The number of aromatic nitrogens is 7. The number of hydrogen-bond donors (Lipinski definition) is 3. The van der Waals surface area contributed by atoms with Crippen molar-refractivity contribution in [1.29, 1.82) is 47.4 Å². The van der Waals surface area contributed by atoms with Crippen LogP contribution in [0, 0.1) is 102 Å². The number of rotatable bonds is 6. The van der Waals surface area contributed by atoms with E-state index in [1.54, 1.807) is 0 Å². The second-order valence-electron chi connectivity index (χ2n) is 11.7. The summed E-state index contributed by atoms with van der Waals surface area (Å²) in [5.74, 6) is -3.22. The van der Waals surface area contributed by atoms with Crippen molar-refractivity contribution in [3.63, 3.8) is 0 Å². The Kier molecular flexibility index (Phi) is 8.08. The first-order valence-corrected chi connectivity index (χ1v) is 15.5. The van der Waals surface area contributed by atoms with E-state index in [0.717, 1.165) is 0 Å². The molecule has 4 aromatic heterocycles. The smallest absolute Gasteiger partial charge is 0.146 e. The molecule has 3 unspecified atom stereocenters. The van der Waals surface area contributed by atoms with Gasteiger partial charge in [-0.15, -0.1) is 0 Å². The first-order chi connectivity index (χ1) is 26.3. The maximum absolute atomic E-state index is 10.5. The van der Waals surface area contributed by atoms with Gasteiger partial charge in [-0.1, -0.05) is 0 Å². The Bertz CT molecular complexity index is 2650. The molecule has 0 radical (unpaired) electrons. The van der Waals surface area contributed by atoms with Crippen LogP contribution in [0.5, 0.6) is 0 Å². The lowest BCUT2D eigenvalue weighted by Gasteiger charge is -2.15. The minimum absolute atomic E-state index is 0.0786. The van der Waals surface area contributed by atoms with Gasteiger partial charge >= 0.3 is 0 Å². The molecule has 246 valence electrons. The van der Waals surface area contributed by atoms with Gasteiger partial charge in [-0.3, -0.25) is 4.98 Å². The monoisotopic (exact) mass is 694 g/mol. The Labute approximate surface area is 303 Å². The number of hydrogen-bond acceptors (Lipinski definition) is 13. The molecule has 0 amide bonds. The predicted molar refractivity (Wildman–Crippen MR) is 183 cm³/mol. The van der Waals surface area contributed by atoms with Gasteiger partial charge in [-0.05, 0) is 54.1 Å². The molecule has 54 heavy (non-hydrogen) atoms. The van der Waals surface area contributed by atoms with Gasteiger partial charge < -0.3 is 15.0 Å². The summed E-state index contributed by atoms with van der Waals surface area (Å²) in [5, 5.41) is 88.7. The van der Waals surface area contributed by atoms with Gasteiger partial charge in [0, 0.05) is 0 Å². The lowest BCUT2D eigenvalue weighted by molar-refractivity contribution is 0.820. The van der Waals surface area contributed by atoms with Crippen LogP contribution in [-0.4, -0.2) is 34.9 Å². The first kappa shape index (κ1) is 33.1. The van der Waals surface area contributed by atoms with E-state index in [1.165, 1.54) is 48.5 Å². The summed E-state index contributed by atoms with van der Waals surface area (Å²) in [6, 6.07) is 29.9. The van der Waals surface area contributed by atoms with Crippen molar-refractivity contribution in [2.24, 2.45) is 0 Å². The molecular formula is C38H14N16. The maximum Gasteiger partial charge on any atom is 0.146 e. The molecule has 0 saturated carbocycles. The molecule has 3 N–H and O–H groups in total. The molecule has 16 heteroatoms. The summed E-state index contributed by atoms with van der Waals surface area (Å²) in [7, 11) is 0. The standard InChI is InChI=1S/C38H14N16/c39-9-19-3-30-31(4-20(19)10-40)50-36(49-30)25(15-45)18-1-28(26(16-46)37-51-32-5-21(11-41)22(12-42)6-33(32)52-37)48-29(2-18)27(17-47)38-53-34-7-23(13-43)24(14-44)8-35(34)54-38/h1-8,25-27H,(H,49,50)(H,51,52)(H,53,54). The van der Waals surface area contributed by atoms with E-state index in [4.69, 9.17) is 4.98 Å². The quantitative estimate of drug-likeness (QED) is 0.209. The van der Waals surface area contributed by atoms with E-state index < -0.39 is 17.8 Å². The zero-order valence-electron chi connectivity index (χ0n) is 27.2. The molecule has 0 fully saturated rings. The zero-order chi connectivity index (χ0) is 38.1. The largest absolute Gasteiger partial charge is 0.341 e. The van der Waals surface area contributed by atoms with Crippen molar-refractivity contribution in [2.75, 3.05) is 0 Å². The third-order valence-electron chi connectivity index (χ3n) is 8.66. The normalized spacial score (nSPS) is 12.1. The molecule has 0 spiro atoms. The van der Waals surface area contributed by atoms with Gasteiger partial charge in [0.05, 0.1) is 96.1 Å². The SMILES string of the molecule is N#Cc1cc2nc(C(C#N)c3cc(C(C#N)c4nc5cc(C#N)c(C#N)cc5[nH]4)nc(C(C#N)c4nc5cc(C#N)c(C#N)cc5[nH]4)c3)[nH]c2cc1C#N. The van der Waals surface area contributed by atoms with Crippen LogP contribution in [0.1, 0.15) is 85.6 Å². The summed E-state index contributed by atoms with van der Waals surface area (Å²) in [4.78, 5) is 27.4. The lowest BCUT2D eigenvalue weighted by atomic mass is 9.93. The topological polar surface area (TPSA) is 313 Å². The highest BCUT2D eigenvalue weighted by molar-refractivity contribution is 5.82. The van der Waals surface area contributed by atoms with Crippen LogP contribution in [0.4, 0.5) is 0 Å². The molecule has 0 bridgehead atoms. The summed E-state index contributed by atoms with van der Waals surface area (Å²) >= 11 is 0. The molecule has 16 nitrogen and oxygen atoms in total. The number of aromatic amines is 3. The van der Waals surface area contributed by atoms with Gasteiger partial charge in [0.2, 0.25) is 0 Å². The molecular weight excluding hydrogens is 681 g/mol. The molecule has 7 aromatic rings. The average molecular weight is 695 g/mol. The van der Waals surface area contributed by atoms with Crippen molar-refractivity contribution in [3.8, 4) is 54.6 Å². The number of nitriles is 9. The first-order valence-electron chi connectivity index (χ1n) is 15.5. The summed E-state index contributed by atoms with van der Waals surface area (Å²) < 4.78 is 0. The molecule has 0 saturated heterocycles. The van der Waals surface area contributed by atoms with Crippen molar-refractivity contribution in [1.82, 2.24) is 34.9 Å². The van der Waals surface area contributed by atoms with Crippen LogP contribution in [0.2, 0.25) is 0 Å². The fourth-order valence-corrected chi connectivity index (χ4v) is 6.08. The molecule has 7 rings (SSSR count). The Hall–Kier alpha value is -9.37. The van der Waals surface area contributed by atoms with E-state index in [-0.39, 0.29) is 67.8 Å². The molecule has 0 aliphatic heterocycles. The number of pyridine rings is 1. The van der Waals surface area contributed by atoms with Crippen LogP contribution in [0.3, 0.4) is 0 Å². The minimum Gasteiger partial charge on any atom is -0.341 e. The van der Waals surface area contributed by atoms with Crippen LogP contribution >= 0.6 is 0 Å². The Morgan fingerprint density at radius 3 is 0.963 bits per heavy atom. The lowest BCUT2D eigenvalue weighted by Crippen LogP contribution is -2.12. The van der Waals surface area contributed by atoms with Gasteiger partial charge in [0.1, 0.15) is 71.6 Å². The van der Waals surface area contributed by atoms with Gasteiger partial charge in [-0.2, -0.15) is 47.4 Å². The fraction of sp³-hybridized carbons (Fsp3) is 0.0789. The third kappa shape index (κ3) is 5.43. The Morgan fingerprint density at radius 1 is 0.370 bits per heavy atom. The summed E-state index contributed by atoms with van der Waals surface area (Å²) in [6.07, 6.45) is 0. The van der Waals surface area contributed by atoms with E-state index in [2.05, 4.69) is 48.1 Å². The molecule has 4 heterocycles. The van der Waals surface area contributed by atoms with Crippen LogP contribution in [0.25, 0.3) is 33.1 Å². The molecule has 0 aliphatic carbocycles. The number of nitrogens with one attached hydrogen (secondary N) is 3. The fourth-order valence-electron chi connectivity index (χ4n) is 6.08. The highest BCUT2D eigenvalue weighted by Crippen LogP contribution is 2.34. The van der Waals surface area contributed by atoms with Crippen molar-refractivity contribution in [2.45, 2.75) is 17.8 Å². The third-order valence-corrected chi connectivity index (χ3v) is 8.66. The summed E-state index contributed by atoms with van der Waals surface area (Å²) in [5.41, 5.74) is 3.15. The minimum atomic E-state index is -1.22. The molecule has 3 aromatic carbocycles. The molecule has 0 aliphatic rings. The van der Waals surface area contributed by atoms with Gasteiger partial charge in [0.25, 0.3) is 0 Å². The van der Waals surface area contributed by atoms with E-state index in [9.17, 15) is 47.4 Å². The predicted octanol–water partition coefficient (Wildman–Crippen LogP) is 4.91.